The van der Waals surface area contributed by atoms with E-state index in [1.54, 1.807) is 45.9 Å². The Hall–Kier alpha value is -1.11. The molecule has 0 saturated heterocycles. The SMILES string of the molecule is COC(=O)CC(C)(N[S+]([O-])C(C)(C)C)c1ccccc1F. The van der Waals surface area contributed by atoms with Crippen LogP contribution in [-0.4, -0.2) is 22.4 Å². The van der Waals surface area contributed by atoms with Gasteiger partial charge in [-0.15, -0.1) is 4.72 Å². The quantitative estimate of drug-likeness (QED) is 0.670. The predicted molar refractivity (Wildman–Crippen MR) is 81.4 cm³/mol. The maximum atomic E-state index is 14.1. The van der Waals surface area contributed by atoms with Crippen molar-refractivity contribution in [3.8, 4) is 0 Å². The van der Waals surface area contributed by atoms with E-state index in [0.717, 1.165) is 0 Å². The third-order valence-electron chi connectivity index (χ3n) is 3.07. The number of esters is 1. The van der Waals surface area contributed by atoms with Crippen LogP contribution in [0.25, 0.3) is 0 Å². The zero-order valence-electron chi connectivity index (χ0n) is 13.0. The van der Waals surface area contributed by atoms with Crippen LogP contribution in [-0.2, 0) is 26.4 Å². The first-order valence-corrected chi connectivity index (χ1v) is 7.76. The molecule has 0 bridgehead atoms. The lowest BCUT2D eigenvalue weighted by atomic mass is 9.89. The lowest BCUT2D eigenvalue weighted by molar-refractivity contribution is -0.142. The molecule has 0 aliphatic rings. The molecule has 1 aromatic rings. The Morgan fingerprint density at radius 2 is 1.90 bits per heavy atom. The molecule has 1 aromatic carbocycles. The first-order chi connectivity index (χ1) is 9.60. The van der Waals surface area contributed by atoms with Crippen molar-refractivity contribution in [2.24, 2.45) is 0 Å². The van der Waals surface area contributed by atoms with Gasteiger partial charge in [0.1, 0.15) is 10.6 Å². The molecule has 0 heterocycles. The molecule has 0 saturated carbocycles. The Kier molecular flexibility index (Phi) is 5.78. The topological polar surface area (TPSA) is 61.4 Å². The molecule has 0 aliphatic heterocycles. The molecule has 0 aromatic heterocycles. The second-order valence-corrected chi connectivity index (χ2v) is 8.01. The smallest absolute Gasteiger partial charge is 0.307 e. The monoisotopic (exact) mass is 315 g/mol. The Morgan fingerprint density at radius 1 is 1.33 bits per heavy atom. The maximum absolute atomic E-state index is 14.1. The van der Waals surface area contributed by atoms with Gasteiger partial charge in [0, 0.05) is 16.9 Å². The van der Waals surface area contributed by atoms with Crippen LogP contribution in [0.4, 0.5) is 4.39 Å². The minimum absolute atomic E-state index is 0.119. The van der Waals surface area contributed by atoms with Gasteiger partial charge in [0.05, 0.1) is 19.1 Å². The fraction of sp³-hybridized carbons (Fsp3) is 0.533. The maximum Gasteiger partial charge on any atom is 0.307 e. The number of hydrogen-bond donors (Lipinski definition) is 1. The Labute approximate surface area is 128 Å². The molecular formula is C15H22FNO3S. The van der Waals surface area contributed by atoms with E-state index in [9.17, 15) is 13.7 Å². The molecule has 0 radical (unpaired) electrons. The van der Waals surface area contributed by atoms with Crippen molar-refractivity contribution in [1.82, 2.24) is 4.72 Å². The first-order valence-electron chi connectivity index (χ1n) is 6.61. The third kappa shape index (κ3) is 4.69. The molecule has 21 heavy (non-hydrogen) atoms. The molecule has 2 atom stereocenters. The van der Waals surface area contributed by atoms with Crippen molar-refractivity contribution in [2.75, 3.05) is 7.11 Å². The lowest BCUT2D eigenvalue weighted by Gasteiger charge is -2.34. The van der Waals surface area contributed by atoms with Crippen LogP contribution < -0.4 is 4.72 Å². The van der Waals surface area contributed by atoms with Crippen LogP contribution in [0, 0.1) is 5.82 Å². The summed E-state index contributed by atoms with van der Waals surface area (Å²) in [6, 6.07) is 6.13. The number of methoxy groups -OCH3 is 1. The highest BCUT2D eigenvalue weighted by Crippen LogP contribution is 2.30. The molecule has 1 rings (SSSR count). The molecule has 0 fully saturated rings. The predicted octanol–water partition coefficient (Wildman–Crippen LogP) is 2.66. The average molecular weight is 315 g/mol. The molecule has 0 spiro atoms. The number of hydrogen-bond acceptors (Lipinski definition) is 4. The van der Waals surface area contributed by atoms with Gasteiger partial charge < -0.3 is 9.29 Å². The molecule has 0 aliphatic carbocycles. The Balaban J connectivity index is 3.18. The molecule has 118 valence electrons. The van der Waals surface area contributed by atoms with Crippen molar-refractivity contribution in [3.05, 3.63) is 35.6 Å². The fourth-order valence-corrected chi connectivity index (χ4v) is 2.71. The highest BCUT2D eigenvalue weighted by atomic mass is 32.2. The molecule has 6 heteroatoms. The van der Waals surface area contributed by atoms with Gasteiger partial charge in [-0.25, -0.2) is 4.39 Å². The van der Waals surface area contributed by atoms with Gasteiger partial charge in [-0.05, 0) is 33.8 Å². The minimum Gasteiger partial charge on any atom is -0.598 e. The van der Waals surface area contributed by atoms with Crippen molar-refractivity contribution in [2.45, 2.75) is 44.4 Å². The average Bonchev–Trinajstić information content (AvgIpc) is 2.37. The van der Waals surface area contributed by atoms with Crippen LogP contribution in [0.3, 0.4) is 0 Å². The number of carbonyl (C=O) groups excluding carboxylic acids is 1. The largest absolute Gasteiger partial charge is 0.598 e. The summed E-state index contributed by atoms with van der Waals surface area (Å²) >= 11 is -1.46. The summed E-state index contributed by atoms with van der Waals surface area (Å²) in [5, 5.41) is 0. The van der Waals surface area contributed by atoms with Gasteiger partial charge in [0.25, 0.3) is 0 Å². The van der Waals surface area contributed by atoms with Crippen LogP contribution in [0.2, 0.25) is 0 Å². The Morgan fingerprint density at radius 3 is 2.38 bits per heavy atom. The van der Waals surface area contributed by atoms with Gasteiger partial charge in [-0.1, -0.05) is 18.2 Å². The molecule has 1 N–H and O–H groups in total. The standard InChI is InChI=1S/C15H22FNO3S/c1-14(2,3)21(19)17-15(4,10-13(18)20-5)11-8-6-7-9-12(11)16/h6-9,17H,10H2,1-5H3. The van der Waals surface area contributed by atoms with Gasteiger partial charge in [0.2, 0.25) is 0 Å². The van der Waals surface area contributed by atoms with E-state index in [2.05, 4.69) is 9.46 Å². The number of carbonyl (C=O) groups is 1. The van der Waals surface area contributed by atoms with Crippen molar-refractivity contribution < 1.29 is 18.5 Å². The summed E-state index contributed by atoms with van der Waals surface area (Å²) in [5.41, 5.74) is -0.829. The van der Waals surface area contributed by atoms with Crippen molar-refractivity contribution in [1.29, 1.82) is 0 Å². The van der Waals surface area contributed by atoms with Gasteiger partial charge in [0.15, 0.2) is 0 Å². The summed E-state index contributed by atoms with van der Waals surface area (Å²) in [6.07, 6.45) is -0.119. The summed E-state index contributed by atoms with van der Waals surface area (Å²) in [4.78, 5) is 11.7. The fourth-order valence-electron chi connectivity index (χ4n) is 1.81. The van der Waals surface area contributed by atoms with Gasteiger partial charge in [-0.2, -0.15) is 0 Å². The van der Waals surface area contributed by atoms with E-state index in [-0.39, 0.29) is 12.0 Å². The number of nitrogens with one attached hydrogen (secondary N) is 1. The molecular weight excluding hydrogens is 293 g/mol. The van der Waals surface area contributed by atoms with E-state index < -0.39 is 33.4 Å². The molecule has 0 amide bonds. The lowest BCUT2D eigenvalue weighted by Crippen LogP contribution is -2.51. The summed E-state index contributed by atoms with van der Waals surface area (Å²) in [6.45, 7) is 7.05. The van der Waals surface area contributed by atoms with Crippen molar-refractivity contribution in [3.63, 3.8) is 0 Å². The van der Waals surface area contributed by atoms with Gasteiger partial charge >= 0.3 is 5.97 Å². The zero-order valence-corrected chi connectivity index (χ0v) is 13.8. The number of benzene rings is 1. The van der Waals surface area contributed by atoms with Crippen LogP contribution in [0.1, 0.15) is 39.7 Å². The summed E-state index contributed by atoms with van der Waals surface area (Å²) in [5.74, 6) is -0.957. The van der Waals surface area contributed by atoms with Crippen LogP contribution >= 0.6 is 0 Å². The Bertz CT molecular complexity index is 504. The second kappa shape index (κ2) is 6.77. The number of halogens is 1. The zero-order chi connectivity index (χ0) is 16.3. The van der Waals surface area contributed by atoms with Gasteiger partial charge in [-0.3, -0.25) is 4.79 Å². The molecule has 4 nitrogen and oxygen atoms in total. The normalized spacial score (nSPS) is 16.1. The van der Waals surface area contributed by atoms with Crippen molar-refractivity contribution >= 4 is 17.3 Å². The van der Waals surface area contributed by atoms with E-state index >= 15 is 0 Å². The third-order valence-corrected chi connectivity index (χ3v) is 4.82. The van der Waals surface area contributed by atoms with Crippen LogP contribution in [0.15, 0.2) is 24.3 Å². The van der Waals surface area contributed by atoms with E-state index in [4.69, 9.17) is 0 Å². The minimum atomic E-state index is -1.46. The number of ether oxygens (including phenoxy) is 1. The summed E-state index contributed by atoms with van der Waals surface area (Å²) < 4.78 is 33.5. The molecule has 2 unspecified atom stereocenters. The highest BCUT2D eigenvalue weighted by Gasteiger charge is 2.40. The first kappa shape index (κ1) is 17.9. The van der Waals surface area contributed by atoms with E-state index in [0.29, 0.717) is 0 Å². The van der Waals surface area contributed by atoms with E-state index in [1.165, 1.54) is 13.2 Å². The second-order valence-electron chi connectivity index (χ2n) is 6.05. The highest BCUT2D eigenvalue weighted by molar-refractivity contribution is 7.90. The van der Waals surface area contributed by atoms with Crippen LogP contribution in [0.5, 0.6) is 0 Å². The summed E-state index contributed by atoms with van der Waals surface area (Å²) in [7, 11) is 1.27. The number of rotatable bonds is 5. The van der Waals surface area contributed by atoms with E-state index in [1.807, 2.05) is 0 Å².